The van der Waals surface area contributed by atoms with Gasteiger partial charge in [0.25, 0.3) is 5.91 Å². The maximum atomic E-state index is 11.7. The van der Waals surface area contributed by atoms with Crippen LogP contribution in [0.15, 0.2) is 30.3 Å². The van der Waals surface area contributed by atoms with Crippen LogP contribution in [0, 0.1) is 0 Å². The molecule has 1 aromatic carbocycles. The Kier molecular flexibility index (Phi) is 5.25. The molecule has 1 saturated heterocycles. The highest BCUT2D eigenvalue weighted by Gasteiger charge is 2.23. The quantitative estimate of drug-likeness (QED) is 0.880. The van der Waals surface area contributed by atoms with Gasteiger partial charge < -0.3 is 15.4 Å². The summed E-state index contributed by atoms with van der Waals surface area (Å²) >= 11 is 0. The number of likely N-dealkylation sites (tertiary alicyclic amines) is 1. The summed E-state index contributed by atoms with van der Waals surface area (Å²) in [4.78, 5) is 13.5. The molecule has 1 atom stereocenters. The number of rotatable bonds is 3. The van der Waals surface area contributed by atoms with E-state index < -0.39 is 0 Å². The molecule has 2 rings (SSSR count). The van der Waals surface area contributed by atoms with Gasteiger partial charge in [-0.15, -0.1) is 12.4 Å². The standard InChI is InChI=1S/C12H16N2O2.ClH/c13-10-6-7-14(8-10)12(15)9-16-11-4-2-1-3-5-11;/h1-5,10H,6-9,13H2;1H/t10-;/m1./s1. The van der Waals surface area contributed by atoms with Crippen molar-refractivity contribution in [3.8, 4) is 5.75 Å². The maximum Gasteiger partial charge on any atom is 0.260 e. The summed E-state index contributed by atoms with van der Waals surface area (Å²) in [5, 5.41) is 0. The fourth-order valence-electron chi connectivity index (χ4n) is 1.77. The van der Waals surface area contributed by atoms with Crippen molar-refractivity contribution in [3.05, 3.63) is 30.3 Å². The Hall–Kier alpha value is -1.26. The lowest BCUT2D eigenvalue weighted by atomic mass is 10.3. The van der Waals surface area contributed by atoms with E-state index in [2.05, 4.69) is 0 Å². The normalized spacial score (nSPS) is 18.6. The van der Waals surface area contributed by atoms with Gasteiger partial charge in [0, 0.05) is 19.1 Å². The topological polar surface area (TPSA) is 55.6 Å². The molecule has 1 aromatic rings. The van der Waals surface area contributed by atoms with Gasteiger partial charge in [0.2, 0.25) is 0 Å². The van der Waals surface area contributed by atoms with Crippen LogP contribution in [0.1, 0.15) is 6.42 Å². The van der Waals surface area contributed by atoms with Gasteiger partial charge in [-0.1, -0.05) is 18.2 Å². The van der Waals surface area contributed by atoms with Crippen molar-refractivity contribution in [2.24, 2.45) is 5.73 Å². The molecule has 94 valence electrons. The molecular weight excluding hydrogens is 240 g/mol. The van der Waals surface area contributed by atoms with E-state index in [1.807, 2.05) is 30.3 Å². The molecule has 1 heterocycles. The number of hydrogen-bond acceptors (Lipinski definition) is 3. The Morgan fingerprint density at radius 2 is 2.12 bits per heavy atom. The molecule has 0 aliphatic carbocycles. The lowest BCUT2D eigenvalue weighted by Crippen LogP contribution is -2.35. The Morgan fingerprint density at radius 3 is 2.71 bits per heavy atom. The van der Waals surface area contributed by atoms with Crippen LogP contribution in [0.3, 0.4) is 0 Å². The molecule has 0 radical (unpaired) electrons. The average Bonchev–Trinajstić information content (AvgIpc) is 2.74. The second kappa shape index (κ2) is 6.47. The molecule has 0 bridgehead atoms. The van der Waals surface area contributed by atoms with Crippen molar-refractivity contribution in [2.45, 2.75) is 12.5 Å². The molecule has 0 aromatic heterocycles. The summed E-state index contributed by atoms with van der Waals surface area (Å²) in [5.41, 5.74) is 5.74. The van der Waals surface area contributed by atoms with Crippen molar-refractivity contribution in [1.82, 2.24) is 4.90 Å². The third-order valence-corrected chi connectivity index (χ3v) is 2.68. The zero-order valence-corrected chi connectivity index (χ0v) is 10.4. The van der Waals surface area contributed by atoms with Gasteiger partial charge in [0.05, 0.1) is 0 Å². The molecule has 0 unspecified atom stereocenters. The molecule has 4 nitrogen and oxygen atoms in total. The molecule has 1 aliphatic rings. The average molecular weight is 257 g/mol. The van der Waals surface area contributed by atoms with Gasteiger partial charge in [-0.2, -0.15) is 0 Å². The number of nitrogens with two attached hydrogens (primary N) is 1. The molecule has 0 spiro atoms. The summed E-state index contributed by atoms with van der Waals surface area (Å²) in [6.07, 6.45) is 0.886. The number of carbonyl (C=O) groups is 1. The van der Waals surface area contributed by atoms with Crippen LogP contribution in [0.5, 0.6) is 5.75 Å². The van der Waals surface area contributed by atoms with Crippen LogP contribution in [-0.2, 0) is 4.79 Å². The van der Waals surface area contributed by atoms with Gasteiger partial charge in [0.1, 0.15) is 5.75 Å². The van der Waals surface area contributed by atoms with Crippen LogP contribution >= 0.6 is 12.4 Å². The Balaban J connectivity index is 0.00000144. The van der Waals surface area contributed by atoms with Gasteiger partial charge >= 0.3 is 0 Å². The van der Waals surface area contributed by atoms with Crippen LogP contribution in [0.25, 0.3) is 0 Å². The number of carbonyl (C=O) groups excluding carboxylic acids is 1. The van der Waals surface area contributed by atoms with E-state index in [1.54, 1.807) is 4.90 Å². The van der Waals surface area contributed by atoms with E-state index in [1.165, 1.54) is 0 Å². The zero-order valence-electron chi connectivity index (χ0n) is 9.54. The minimum absolute atomic E-state index is 0. The first-order chi connectivity index (χ1) is 7.75. The second-order valence-corrected chi connectivity index (χ2v) is 3.99. The molecule has 1 aliphatic heterocycles. The number of halogens is 1. The Morgan fingerprint density at radius 1 is 1.41 bits per heavy atom. The number of benzene rings is 1. The van der Waals surface area contributed by atoms with Crippen LogP contribution in [0.2, 0.25) is 0 Å². The molecule has 1 amide bonds. The van der Waals surface area contributed by atoms with Crippen molar-refractivity contribution in [1.29, 1.82) is 0 Å². The smallest absolute Gasteiger partial charge is 0.260 e. The predicted octanol–water partition coefficient (Wildman–Crippen LogP) is 1.05. The molecule has 2 N–H and O–H groups in total. The van der Waals surface area contributed by atoms with E-state index in [0.717, 1.165) is 18.7 Å². The molecule has 5 heteroatoms. The minimum Gasteiger partial charge on any atom is -0.484 e. The van der Waals surface area contributed by atoms with E-state index in [9.17, 15) is 4.79 Å². The summed E-state index contributed by atoms with van der Waals surface area (Å²) in [6.45, 7) is 1.49. The van der Waals surface area contributed by atoms with Gasteiger partial charge in [-0.3, -0.25) is 4.79 Å². The first-order valence-corrected chi connectivity index (χ1v) is 5.47. The van der Waals surface area contributed by atoms with Crippen molar-refractivity contribution < 1.29 is 9.53 Å². The molecule has 1 fully saturated rings. The summed E-state index contributed by atoms with van der Waals surface area (Å²) in [7, 11) is 0. The van der Waals surface area contributed by atoms with Crippen LogP contribution in [0.4, 0.5) is 0 Å². The zero-order chi connectivity index (χ0) is 11.4. The van der Waals surface area contributed by atoms with E-state index in [0.29, 0.717) is 6.54 Å². The highest BCUT2D eigenvalue weighted by Crippen LogP contribution is 2.10. The number of hydrogen-bond donors (Lipinski definition) is 1. The molecule has 17 heavy (non-hydrogen) atoms. The number of para-hydroxylation sites is 1. The third-order valence-electron chi connectivity index (χ3n) is 2.68. The largest absolute Gasteiger partial charge is 0.484 e. The Bertz CT molecular complexity index is 359. The van der Waals surface area contributed by atoms with Crippen molar-refractivity contribution >= 4 is 18.3 Å². The Labute approximate surface area is 107 Å². The van der Waals surface area contributed by atoms with Gasteiger partial charge in [-0.25, -0.2) is 0 Å². The number of nitrogens with zero attached hydrogens (tertiary/aromatic N) is 1. The highest BCUT2D eigenvalue weighted by atomic mass is 35.5. The van der Waals surface area contributed by atoms with Gasteiger partial charge in [0.15, 0.2) is 6.61 Å². The lowest BCUT2D eigenvalue weighted by molar-refractivity contribution is -0.132. The van der Waals surface area contributed by atoms with Crippen LogP contribution in [-0.4, -0.2) is 36.5 Å². The summed E-state index contributed by atoms with van der Waals surface area (Å²) in [5.74, 6) is 0.733. The molecule has 0 saturated carbocycles. The van der Waals surface area contributed by atoms with Crippen LogP contribution < -0.4 is 10.5 Å². The van der Waals surface area contributed by atoms with E-state index in [4.69, 9.17) is 10.5 Å². The van der Waals surface area contributed by atoms with E-state index >= 15 is 0 Å². The lowest BCUT2D eigenvalue weighted by Gasteiger charge is -2.15. The third kappa shape index (κ3) is 3.91. The van der Waals surface area contributed by atoms with Gasteiger partial charge in [-0.05, 0) is 18.6 Å². The monoisotopic (exact) mass is 256 g/mol. The van der Waals surface area contributed by atoms with E-state index in [-0.39, 0.29) is 31.0 Å². The molecular formula is C12H17ClN2O2. The fourth-order valence-corrected chi connectivity index (χ4v) is 1.77. The minimum atomic E-state index is 0. The number of ether oxygens (including phenoxy) is 1. The fraction of sp³-hybridized carbons (Fsp3) is 0.417. The second-order valence-electron chi connectivity index (χ2n) is 3.99. The first kappa shape index (κ1) is 13.8. The SMILES string of the molecule is Cl.N[C@@H]1CCN(C(=O)COc2ccccc2)C1. The predicted molar refractivity (Wildman–Crippen MR) is 68.4 cm³/mol. The summed E-state index contributed by atoms with van der Waals surface area (Å²) < 4.78 is 5.38. The van der Waals surface area contributed by atoms with Crippen molar-refractivity contribution in [3.63, 3.8) is 0 Å². The first-order valence-electron chi connectivity index (χ1n) is 5.47. The summed E-state index contributed by atoms with van der Waals surface area (Å²) in [6, 6.07) is 9.47. The maximum absolute atomic E-state index is 11.7. The highest BCUT2D eigenvalue weighted by molar-refractivity contribution is 5.85. The van der Waals surface area contributed by atoms with Crippen molar-refractivity contribution in [2.75, 3.05) is 19.7 Å². The number of amides is 1.